The van der Waals surface area contributed by atoms with Crippen molar-refractivity contribution in [2.75, 3.05) is 24.7 Å². The van der Waals surface area contributed by atoms with Crippen LogP contribution in [0.4, 0.5) is 5.69 Å². The fraction of sp³-hybridized carbons (Fsp3) is 0.238. The number of hydrogen-bond donors (Lipinski definition) is 1. The number of hydrogen-bond acceptors (Lipinski definition) is 6. The zero-order valence-electron chi connectivity index (χ0n) is 16.8. The van der Waals surface area contributed by atoms with Crippen molar-refractivity contribution in [1.29, 1.82) is 0 Å². The minimum Gasteiger partial charge on any atom is -0.411 e. The highest BCUT2D eigenvalue weighted by molar-refractivity contribution is 7.99. The number of rotatable bonds is 7. The van der Waals surface area contributed by atoms with E-state index in [2.05, 4.69) is 15.5 Å². The number of halogens is 1. The van der Waals surface area contributed by atoms with Gasteiger partial charge < -0.3 is 14.6 Å². The van der Waals surface area contributed by atoms with Gasteiger partial charge in [-0.15, -0.1) is 10.2 Å². The number of aromatic nitrogens is 2. The third-order valence-electron chi connectivity index (χ3n) is 4.50. The summed E-state index contributed by atoms with van der Waals surface area (Å²) in [7, 11) is 1.58. The molecule has 3 rings (SSSR count). The molecule has 0 aliphatic carbocycles. The Morgan fingerprint density at radius 3 is 2.60 bits per heavy atom. The second kappa shape index (κ2) is 9.77. The van der Waals surface area contributed by atoms with Crippen LogP contribution in [-0.4, -0.2) is 46.3 Å². The van der Waals surface area contributed by atoms with Gasteiger partial charge in [-0.25, -0.2) is 0 Å². The molecule has 0 saturated heterocycles. The van der Waals surface area contributed by atoms with Crippen molar-refractivity contribution in [3.63, 3.8) is 0 Å². The first kappa shape index (κ1) is 21.9. The highest BCUT2D eigenvalue weighted by Gasteiger charge is 2.16. The number of amides is 2. The first-order chi connectivity index (χ1) is 14.3. The fourth-order valence-corrected chi connectivity index (χ4v) is 3.42. The summed E-state index contributed by atoms with van der Waals surface area (Å²) in [6.07, 6.45) is 0. The lowest BCUT2D eigenvalue weighted by molar-refractivity contribution is -0.131. The summed E-state index contributed by atoms with van der Waals surface area (Å²) in [6, 6.07) is 12.7. The molecule has 0 unspecified atom stereocenters. The topological polar surface area (TPSA) is 88.3 Å². The monoisotopic (exact) mass is 444 g/mol. The van der Waals surface area contributed by atoms with E-state index in [-0.39, 0.29) is 29.3 Å². The van der Waals surface area contributed by atoms with Crippen LogP contribution in [0.5, 0.6) is 0 Å². The van der Waals surface area contributed by atoms with E-state index >= 15 is 0 Å². The lowest BCUT2D eigenvalue weighted by Gasteiger charge is -2.17. The normalized spacial score (nSPS) is 10.7. The van der Waals surface area contributed by atoms with Gasteiger partial charge in [0.05, 0.1) is 12.3 Å². The van der Waals surface area contributed by atoms with Gasteiger partial charge in [-0.3, -0.25) is 9.59 Å². The molecule has 0 spiro atoms. The van der Waals surface area contributed by atoms with Gasteiger partial charge in [0.2, 0.25) is 17.7 Å². The van der Waals surface area contributed by atoms with E-state index in [9.17, 15) is 9.59 Å². The Bertz CT molecular complexity index is 1050. The molecule has 2 aromatic carbocycles. The molecular formula is C21H21ClN4O3S. The quantitative estimate of drug-likeness (QED) is 0.549. The summed E-state index contributed by atoms with van der Waals surface area (Å²) in [5.41, 5.74) is 3.58. The molecule has 7 nitrogen and oxygen atoms in total. The Hall–Kier alpha value is -2.84. The largest absolute Gasteiger partial charge is 0.411 e. The van der Waals surface area contributed by atoms with Gasteiger partial charge in [0.15, 0.2) is 0 Å². The van der Waals surface area contributed by atoms with E-state index in [0.717, 1.165) is 34.1 Å². The summed E-state index contributed by atoms with van der Waals surface area (Å²) >= 11 is 6.99. The van der Waals surface area contributed by atoms with Crippen LogP contribution in [-0.2, 0) is 9.59 Å². The molecular weight excluding hydrogens is 424 g/mol. The minimum atomic E-state index is -0.257. The van der Waals surface area contributed by atoms with Crippen LogP contribution in [0.3, 0.4) is 0 Å². The third kappa shape index (κ3) is 5.61. The van der Waals surface area contributed by atoms with E-state index in [1.54, 1.807) is 31.3 Å². The van der Waals surface area contributed by atoms with Crippen LogP contribution in [0.1, 0.15) is 11.1 Å². The first-order valence-electron chi connectivity index (χ1n) is 9.16. The van der Waals surface area contributed by atoms with Crippen molar-refractivity contribution in [1.82, 2.24) is 15.1 Å². The number of anilines is 1. The van der Waals surface area contributed by atoms with Crippen molar-refractivity contribution in [3.05, 3.63) is 58.6 Å². The summed E-state index contributed by atoms with van der Waals surface area (Å²) in [4.78, 5) is 26.0. The Morgan fingerprint density at radius 1 is 1.13 bits per heavy atom. The molecule has 0 aliphatic rings. The van der Waals surface area contributed by atoms with Crippen molar-refractivity contribution in [3.8, 4) is 11.5 Å². The average molecular weight is 445 g/mol. The van der Waals surface area contributed by atoms with Crippen molar-refractivity contribution >= 4 is 40.9 Å². The second-order valence-corrected chi connectivity index (χ2v) is 8.08. The lowest BCUT2D eigenvalue weighted by Crippen LogP contribution is -2.36. The van der Waals surface area contributed by atoms with Gasteiger partial charge in [0.1, 0.15) is 0 Å². The number of aryl methyl sites for hydroxylation is 1. The van der Waals surface area contributed by atoms with Crippen molar-refractivity contribution in [2.45, 2.75) is 19.1 Å². The molecule has 30 heavy (non-hydrogen) atoms. The molecule has 0 bridgehead atoms. The Morgan fingerprint density at radius 2 is 1.87 bits per heavy atom. The minimum absolute atomic E-state index is 0.0490. The van der Waals surface area contributed by atoms with E-state index in [1.165, 1.54) is 4.90 Å². The Labute approximate surface area is 183 Å². The number of likely N-dealkylation sites (N-methyl/N-ethyl adjacent to an activating group) is 1. The summed E-state index contributed by atoms with van der Waals surface area (Å²) in [6.45, 7) is 3.87. The van der Waals surface area contributed by atoms with E-state index < -0.39 is 0 Å². The molecule has 1 aromatic heterocycles. The van der Waals surface area contributed by atoms with E-state index in [4.69, 9.17) is 16.0 Å². The number of thioether (sulfide) groups is 1. The van der Waals surface area contributed by atoms with Crippen LogP contribution in [0, 0.1) is 13.8 Å². The average Bonchev–Trinajstić information content (AvgIpc) is 3.19. The number of carbonyl (C=O) groups excluding carboxylic acids is 2. The zero-order chi connectivity index (χ0) is 21.7. The molecule has 0 fully saturated rings. The summed E-state index contributed by atoms with van der Waals surface area (Å²) < 4.78 is 5.57. The smallest absolute Gasteiger partial charge is 0.277 e. The van der Waals surface area contributed by atoms with Crippen LogP contribution in [0.15, 0.2) is 52.1 Å². The lowest BCUT2D eigenvalue weighted by atomic mass is 10.1. The maximum Gasteiger partial charge on any atom is 0.277 e. The maximum absolute atomic E-state index is 12.4. The molecule has 2 amide bonds. The number of carbonyl (C=O) groups is 2. The maximum atomic E-state index is 12.4. The molecule has 1 heterocycles. The number of benzene rings is 2. The molecule has 1 N–H and O–H groups in total. The predicted molar refractivity (Wildman–Crippen MR) is 118 cm³/mol. The van der Waals surface area contributed by atoms with Gasteiger partial charge in [-0.1, -0.05) is 35.5 Å². The standard InChI is InChI=1S/C21H21ClN4O3S/c1-13-5-4-6-17(14(13)2)23-18(27)11-26(3)19(28)12-30-21-25-24-20(29-21)15-7-9-16(22)10-8-15/h4-10H,11-12H2,1-3H3,(H,23,27). The van der Waals surface area contributed by atoms with Crippen LogP contribution >= 0.6 is 23.4 Å². The van der Waals surface area contributed by atoms with E-state index in [0.29, 0.717) is 10.9 Å². The van der Waals surface area contributed by atoms with Crippen molar-refractivity contribution < 1.29 is 14.0 Å². The van der Waals surface area contributed by atoms with Crippen molar-refractivity contribution in [2.24, 2.45) is 0 Å². The fourth-order valence-electron chi connectivity index (χ4n) is 2.59. The van der Waals surface area contributed by atoms with Crippen LogP contribution < -0.4 is 5.32 Å². The Kier molecular flexibility index (Phi) is 7.12. The van der Waals surface area contributed by atoms with Gasteiger partial charge >= 0.3 is 0 Å². The van der Waals surface area contributed by atoms with Gasteiger partial charge in [-0.2, -0.15) is 0 Å². The van der Waals surface area contributed by atoms with Crippen LogP contribution in [0.25, 0.3) is 11.5 Å². The van der Waals surface area contributed by atoms with Gasteiger partial charge in [0.25, 0.3) is 5.22 Å². The second-order valence-electron chi connectivity index (χ2n) is 6.71. The van der Waals surface area contributed by atoms with Crippen LogP contribution in [0.2, 0.25) is 5.02 Å². The molecule has 0 aliphatic heterocycles. The molecule has 0 saturated carbocycles. The molecule has 9 heteroatoms. The summed E-state index contributed by atoms with van der Waals surface area (Å²) in [5, 5.41) is 11.7. The highest BCUT2D eigenvalue weighted by atomic mass is 35.5. The number of nitrogens with one attached hydrogen (secondary N) is 1. The predicted octanol–water partition coefficient (Wildman–Crippen LogP) is 4.20. The molecule has 156 valence electrons. The first-order valence-corrected chi connectivity index (χ1v) is 10.5. The van der Waals surface area contributed by atoms with E-state index in [1.807, 2.05) is 32.0 Å². The molecule has 3 aromatic rings. The zero-order valence-corrected chi connectivity index (χ0v) is 18.4. The summed E-state index contributed by atoms with van der Waals surface area (Å²) in [5.74, 6) is -0.0484. The SMILES string of the molecule is Cc1cccc(NC(=O)CN(C)C(=O)CSc2nnc(-c3ccc(Cl)cc3)o2)c1C. The van der Waals surface area contributed by atoms with Gasteiger partial charge in [-0.05, 0) is 55.3 Å². The Balaban J connectivity index is 1.50. The highest BCUT2D eigenvalue weighted by Crippen LogP contribution is 2.24. The molecule has 0 radical (unpaired) electrons. The third-order valence-corrected chi connectivity index (χ3v) is 5.56. The number of nitrogens with zero attached hydrogens (tertiary/aromatic N) is 3. The van der Waals surface area contributed by atoms with Gasteiger partial charge in [0, 0.05) is 23.3 Å². The molecule has 0 atom stereocenters.